The van der Waals surface area contributed by atoms with Crippen molar-refractivity contribution in [2.75, 3.05) is 18.4 Å². The molecule has 3 unspecified atom stereocenters. The molecule has 0 spiro atoms. The van der Waals surface area contributed by atoms with Gasteiger partial charge in [0.1, 0.15) is 11.9 Å². The number of urea groups is 1. The largest absolute Gasteiger partial charge is 0.326 e. The maximum atomic E-state index is 13.4. The maximum absolute atomic E-state index is 13.4. The van der Waals surface area contributed by atoms with Crippen LogP contribution in [0, 0.1) is 17.7 Å². The molecule has 0 saturated carbocycles. The Morgan fingerprint density at radius 1 is 1.10 bits per heavy atom. The minimum Gasteiger partial charge on any atom is -0.326 e. The normalized spacial score (nSPS) is 20.7. The number of hydrogen-bond donors (Lipinski definition) is 2. The molecule has 1 fully saturated rings. The molecule has 3 amide bonds. The molecule has 2 N–H and O–H groups in total. The third-order valence-electron chi connectivity index (χ3n) is 6.09. The Kier molecular flexibility index (Phi) is 5.80. The summed E-state index contributed by atoms with van der Waals surface area (Å²) in [5.41, 5.74) is 1.31. The van der Waals surface area contributed by atoms with E-state index in [0.717, 1.165) is 12.1 Å². The van der Waals surface area contributed by atoms with Crippen molar-refractivity contribution in [1.29, 1.82) is 0 Å². The van der Waals surface area contributed by atoms with Gasteiger partial charge in [0.25, 0.3) is 5.56 Å². The number of halogens is 1. The van der Waals surface area contributed by atoms with E-state index in [4.69, 9.17) is 0 Å². The number of carbonyl (C=O) groups excluding carboxylic acids is 2. The first-order valence-corrected chi connectivity index (χ1v) is 10.6. The predicted molar refractivity (Wildman–Crippen MR) is 115 cm³/mol. The van der Waals surface area contributed by atoms with Crippen LogP contribution in [0.2, 0.25) is 0 Å². The Labute approximate surface area is 180 Å². The first-order valence-electron chi connectivity index (χ1n) is 10.6. The fourth-order valence-corrected chi connectivity index (χ4v) is 4.61. The van der Waals surface area contributed by atoms with Crippen LogP contribution in [0.25, 0.3) is 0 Å². The third kappa shape index (κ3) is 4.47. The monoisotopic (exact) mass is 426 g/mol. The lowest BCUT2D eigenvalue weighted by molar-refractivity contribution is -0.118. The molecular weight excluding hydrogens is 399 g/mol. The molecule has 2 bridgehead atoms. The number of rotatable bonds is 4. The van der Waals surface area contributed by atoms with Gasteiger partial charge in [-0.2, -0.15) is 0 Å². The second-order valence-corrected chi connectivity index (χ2v) is 8.77. The molecule has 3 atom stereocenters. The van der Waals surface area contributed by atoms with E-state index < -0.39 is 11.9 Å². The summed E-state index contributed by atoms with van der Waals surface area (Å²) in [6, 6.07) is 9.89. The van der Waals surface area contributed by atoms with E-state index in [1.54, 1.807) is 23.1 Å². The van der Waals surface area contributed by atoms with Crippen LogP contribution < -0.4 is 16.2 Å². The summed E-state index contributed by atoms with van der Waals surface area (Å²) in [7, 11) is 0. The number of nitrogens with zero attached hydrogens (tertiary/aromatic N) is 2. The number of hydrogen-bond acceptors (Lipinski definition) is 3. The van der Waals surface area contributed by atoms with Crippen molar-refractivity contribution in [2.24, 2.45) is 11.8 Å². The standard InChI is InChI=1S/C23H27FN4O3/c1-14(2)21(22(30)25-18-6-3-5-17(24)10-18)26-23(31)27-11-15-9-16(13-27)19-7-4-8-20(29)28(19)12-15/h3-8,10,14-16,21H,9,11-13H2,1-2H3,(H,25,30)(H,26,31). The Bertz CT molecular complexity index is 1050. The summed E-state index contributed by atoms with van der Waals surface area (Å²) in [6.45, 7) is 5.35. The lowest BCUT2D eigenvalue weighted by Crippen LogP contribution is -2.56. The molecule has 164 valence electrons. The van der Waals surface area contributed by atoms with Crippen LogP contribution in [0.5, 0.6) is 0 Å². The predicted octanol–water partition coefficient (Wildman–Crippen LogP) is 2.78. The molecule has 2 aliphatic heterocycles. The van der Waals surface area contributed by atoms with Crippen molar-refractivity contribution < 1.29 is 14.0 Å². The zero-order chi connectivity index (χ0) is 22.1. The highest BCUT2D eigenvalue weighted by Crippen LogP contribution is 2.34. The number of likely N-dealkylation sites (tertiary alicyclic amines) is 1. The summed E-state index contributed by atoms with van der Waals surface area (Å²) >= 11 is 0. The topological polar surface area (TPSA) is 83.4 Å². The van der Waals surface area contributed by atoms with Crippen LogP contribution >= 0.6 is 0 Å². The van der Waals surface area contributed by atoms with E-state index in [9.17, 15) is 18.8 Å². The second-order valence-electron chi connectivity index (χ2n) is 8.77. The molecule has 8 heteroatoms. The van der Waals surface area contributed by atoms with Crippen molar-refractivity contribution in [3.63, 3.8) is 0 Å². The number of benzene rings is 1. The van der Waals surface area contributed by atoms with Gasteiger partial charge in [-0.05, 0) is 42.5 Å². The van der Waals surface area contributed by atoms with Gasteiger partial charge in [-0.1, -0.05) is 26.0 Å². The average molecular weight is 426 g/mol. The van der Waals surface area contributed by atoms with Gasteiger partial charge in [-0.3, -0.25) is 9.59 Å². The number of aromatic nitrogens is 1. The molecule has 3 heterocycles. The molecule has 7 nitrogen and oxygen atoms in total. The van der Waals surface area contributed by atoms with Gasteiger partial charge in [0.15, 0.2) is 0 Å². The quantitative estimate of drug-likeness (QED) is 0.789. The molecule has 2 aromatic rings. The lowest BCUT2D eigenvalue weighted by Gasteiger charge is -2.43. The number of amides is 3. The minimum absolute atomic E-state index is 0.000932. The van der Waals surface area contributed by atoms with Crippen LogP contribution in [-0.4, -0.2) is 40.5 Å². The molecule has 0 aliphatic carbocycles. The van der Waals surface area contributed by atoms with E-state index in [0.29, 0.717) is 25.3 Å². The van der Waals surface area contributed by atoms with Crippen molar-refractivity contribution >= 4 is 17.6 Å². The Morgan fingerprint density at radius 3 is 2.61 bits per heavy atom. The molecule has 1 aromatic heterocycles. The van der Waals surface area contributed by atoms with E-state index in [2.05, 4.69) is 10.6 Å². The fraction of sp³-hybridized carbons (Fsp3) is 0.435. The fourth-order valence-electron chi connectivity index (χ4n) is 4.61. The third-order valence-corrected chi connectivity index (χ3v) is 6.09. The highest BCUT2D eigenvalue weighted by Gasteiger charge is 2.37. The molecule has 4 rings (SSSR count). The van der Waals surface area contributed by atoms with Crippen molar-refractivity contribution in [2.45, 2.75) is 38.8 Å². The summed E-state index contributed by atoms with van der Waals surface area (Å²) in [6.07, 6.45) is 0.945. The Balaban J connectivity index is 1.45. The van der Waals surface area contributed by atoms with Gasteiger partial charge in [-0.25, -0.2) is 9.18 Å². The van der Waals surface area contributed by atoms with E-state index in [-0.39, 0.29) is 35.3 Å². The van der Waals surface area contributed by atoms with Gasteiger partial charge in [0.05, 0.1) is 0 Å². The maximum Gasteiger partial charge on any atom is 0.318 e. The smallest absolute Gasteiger partial charge is 0.318 e. The van der Waals surface area contributed by atoms with Crippen LogP contribution in [0.4, 0.5) is 14.9 Å². The van der Waals surface area contributed by atoms with Crippen LogP contribution in [0.1, 0.15) is 31.9 Å². The van der Waals surface area contributed by atoms with Gasteiger partial charge in [-0.15, -0.1) is 0 Å². The second kappa shape index (κ2) is 8.53. The van der Waals surface area contributed by atoms with Crippen molar-refractivity contribution in [1.82, 2.24) is 14.8 Å². The number of anilines is 1. The molecule has 1 aromatic carbocycles. The van der Waals surface area contributed by atoms with Crippen molar-refractivity contribution in [3.8, 4) is 0 Å². The molecule has 1 saturated heterocycles. The highest BCUT2D eigenvalue weighted by molar-refractivity contribution is 5.97. The number of pyridine rings is 1. The van der Waals surface area contributed by atoms with Gasteiger partial charge >= 0.3 is 6.03 Å². The zero-order valence-electron chi connectivity index (χ0n) is 17.7. The van der Waals surface area contributed by atoms with Crippen LogP contribution in [0.15, 0.2) is 47.3 Å². The average Bonchev–Trinajstić information content (AvgIpc) is 2.72. The zero-order valence-corrected chi connectivity index (χ0v) is 17.7. The van der Waals surface area contributed by atoms with Gasteiger partial charge < -0.3 is 20.1 Å². The molecule has 31 heavy (non-hydrogen) atoms. The number of nitrogens with one attached hydrogen (secondary N) is 2. The summed E-state index contributed by atoms with van der Waals surface area (Å²) in [5.74, 6) is -0.673. The first-order chi connectivity index (χ1) is 14.8. The number of carbonyl (C=O) groups is 2. The van der Waals surface area contributed by atoms with Crippen LogP contribution in [-0.2, 0) is 11.3 Å². The first kappa shape index (κ1) is 21.1. The summed E-state index contributed by atoms with van der Waals surface area (Å²) in [4.78, 5) is 39.7. The minimum atomic E-state index is -0.757. The highest BCUT2D eigenvalue weighted by atomic mass is 19.1. The molecule has 0 radical (unpaired) electrons. The summed E-state index contributed by atoms with van der Waals surface area (Å²) in [5, 5.41) is 5.54. The number of piperidine rings is 1. The Hall–Kier alpha value is -3.16. The molecule has 2 aliphatic rings. The van der Waals surface area contributed by atoms with E-state index in [1.807, 2.05) is 24.5 Å². The van der Waals surface area contributed by atoms with Gasteiger partial charge in [0.2, 0.25) is 5.91 Å². The lowest BCUT2D eigenvalue weighted by atomic mass is 9.83. The van der Waals surface area contributed by atoms with E-state index in [1.165, 1.54) is 18.2 Å². The molecular formula is C23H27FN4O3. The summed E-state index contributed by atoms with van der Waals surface area (Å²) < 4.78 is 15.2. The van der Waals surface area contributed by atoms with Crippen molar-refractivity contribution in [3.05, 3.63) is 64.3 Å². The SMILES string of the molecule is CC(C)C(NC(=O)N1CC2CC(C1)c1cccc(=O)n1C2)C(=O)Nc1cccc(F)c1. The van der Waals surface area contributed by atoms with Crippen LogP contribution in [0.3, 0.4) is 0 Å². The number of fused-ring (bicyclic) bond motifs is 4. The van der Waals surface area contributed by atoms with E-state index >= 15 is 0 Å². The van der Waals surface area contributed by atoms with Gasteiger partial charge in [0, 0.05) is 43.0 Å². The Morgan fingerprint density at radius 2 is 1.87 bits per heavy atom.